The lowest BCUT2D eigenvalue weighted by Crippen LogP contribution is -2.21. The summed E-state index contributed by atoms with van der Waals surface area (Å²) in [7, 11) is 0. The van der Waals surface area contributed by atoms with E-state index in [2.05, 4.69) is 27.0 Å². The van der Waals surface area contributed by atoms with Crippen molar-refractivity contribution in [3.63, 3.8) is 0 Å². The van der Waals surface area contributed by atoms with Crippen molar-refractivity contribution in [1.29, 1.82) is 0 Å². The highest BCUT2D eigenvalue weighted by atomic mass is 16.5. The molecule has 0 saturated carbocycles. The summed E-state index contributed by atoms with van der Waals surface area (Å²) in [5.41, 5.74) is 2.51. The number of hydrogen-bond donors (Lipinski definition) is 2. The van der Waals surface area contributed by atoms with Crippen LogP contribution in [0.15, 0.2) is 72.8 Å². The van der Waals surface area contributed by atoms with E-state index >= 15 is 0 Å². The van der Waals surface area contributed by atoms with Crippen LogP contribution in [0.3, 0.4) is 0 Å². The molecule has 0 aliphatic carbocycles. The molecular formula is C31H40O8. The molecule has 0 spiro atoms. The number of esters is 2. The summed E-state index contributed by atoms with van der Waals surface area (Å²) in [6.45, 7) is 14.7. The van der Waals surface area contributed by atoms with E-state index in [4.69, 9.17) is 18.9 Å². The first-order valence-electron chi connectivity index (χ1n) is 12.9. The van der Waals surface area contributed by atoms with Gasteiger partial charge in [-0.3, -0.25) is 0 Å². The van der Waals surface area contributed by atoms with Crippen LogP contribution in [-0.4, -0.2) is 60.8 Å². The van der Waals surface area contributed by atoms with E-state index < -0.39 is 24.1 Å². The molecule has 0 amide bonds. The molecule has 0 fully saturated rings. The summed E-state index contributed by atoms with van der Waals surface area (Å²) in [6.07, 6.45) is -0.969. The van der Waals surface area contributed by atoms with Crippen molar-refractivity contribution in [3.8, 4) is 11.5 Å². The van der Waals surface area contributed by atoms with Crippen molar-refractivity contribution in [2.45, 2.75) is 58.2 Å². The zero-order valence-electron chi connectivity index (χ0n) is 23.3. The van der Waals surface area contributed by atoms with Crippen molar-refractivity contribution in [2.24, 2.45) is 0 Å². The van der Waals surface area contributed by atoms with E-state index in [1.165, 1.54) is 0 Å². The van der Waals surface area contributed by atoms with Crippen LogP contribution >= 0.6 is 0 Å². The van der Waals surface area contributed by atoms with Crippen LogP contribution < -0.4 is 9.47 Å². The Kier molecular flexibility index (Phi) is 12.2. The predicted octanol–water partition coefficient (Wildman–Crippen LogP) is 4.51. The Bertz CT molecular complexity index is 1010. The van der Waals surface area contributed by atoms with Gasteiger partial charge in [-0.1, -0.05) is 51.3 Å². The number of rotatable bonds is 16. The van der Waals surface area contributed by atoms with Crippen molar-refractivity contribution >= 4 is 11.9 Å². The molecule has 0 aromatic heterocycles. The van der Waals surface area contributed by atoms with Gasteiger partial charge in [0.15, 0.2) is 0 Å². The fraction of sp³-hybridized carbons (Fsp3) is 0.419. The molecular weight excluding hydrogens is 500 g/mol. The van der Waals surface area contributed by atoms with E-state index in [0.29, 0.717) is 35.5 Å². The number of carbonyl (C=O) groups is 2. The van der Waals surface area contributed by atoms with E-state index in [-0.39, 0.29) is 31.8 Å². The number of carbonyl (C=O) groups excluding carboxylic acids is 2. The van der Waals surface area contributed by atoms with Gasteiger partial charge < -0.3 is 29.2 Å². The minimum absolute atomic E-state index is 0.0963. The molecule has 0 aliphatic rings. The minimum atomic E-state index is -0.810. The Morgan fingerprint density at radius 3 is 1.36 bits per heavy atom. The molecule has 2 aromatic rings. The summed E-state index contributed by atoms with van der Waals surface area (Å²) in [5, 5.41) is 19.9. The second-order valence-electron chi connectivity index (χ2n) is 10.0. The van der Waals surface area contributed by atoms with E-state index in [9.17, 15) is 19.8 Å². The van der Waals surface area contributed by atoms with Crippen molar-refractivity contribution in [2.75, 3.05) is 26.4 Å². The number of aliphatic hydroxyl groups is 2. The van der Waals surface area contributed by atoms with Gasteiger partial charge in [-0.2, -0.15) is 0 Å². The second-order valence-corrected chi connectivity index (χ2v) is 10.0. The van der Waals surface area contributed by atoms with Gasteiger partial charge in [0.1, 0.15) is 24.7 Å². The molecule has 212 valence electrons. The smallest absolute Gasteiger partial charge is 0.333 e. The molecule has 2 aromatic carbocycles. The van der Waals surface area contributed by atoms with Gasteiger partial charge in [0.25, 0.3) is 0 Å². The molecule has 8 heteroatoms. The van der Waals surface area contributed by atoms with Crippen molar-refractivity contribution in [3.05, 3.63) is 84.0 Å². The number of benzene rings is 2. The first kappa shape index (κ1) is 31.6. The van der Waals surface area contributed by atoms with Gasteiger partial charge in [0.2, 0.25) is 0 Å². The average Bonchev–Trinajstić information content (AvgIpc) is 2.90. The van der Waals surface area contributed by atoms with Crippen LogP contribution in [0.4, 0.5) is 0 Å². The lowest BCUT2D eigenvalue weighted by atomic mass is 9.78. The Morgan fingerprint density at radius 1 is 0.718 bits per heavy atom. The summed E-state index contributed by atoms with van der Waals surface area (Å²) < 4.78 is 21.3. The highest BCUT2D eigenvalue weighted by molar-refractivity contribution is 5.87. The Hall–Kier alpha value is -3.62. The van der Waals surface area contributed by atoms with Gasteiger partial charge in [-0.05, 0) is 49.2 Å². The zero-order valence-corrected chi connectivity index (χ0v) is 23.3. The van der Waals surface area contributed by atoms with E-state index in [0.717, 1.165) is 11.1 Å². The highest BCUT2D eigenvalue weighted by Gasteiger charge is 2.23. The third-order valence-corrected chi connectivity index (χ3v) is 6.10. The normalized spacial score (nSPS) is 12.7. The van der Waals surface area contributed by atoms with Crippen LogP contribution in [0.2, 0.25) is 0 Å². The molecule has 39 heavy (non-hydrogen) atoms. The summed E-state index contributed by atoms with van der Waals surface area (Å²) >= 11 is 0. The van der Waals surface area contributed by atoms with Gasteiger partial charge in [0, 0.05) is 29.4 Å². The van der Waals surface area contributed by atoms with Gasteiger partial charge in [-0.25, -0.2) is 9.59 Å². The zero-order chi connectivity index (χ0) is 29.0. The maximum atomic E-state index is 11.4. The number of ether oxygens (including phenoxy) is 4. The lowest BCUT2D eigenvalue weighted by molar-refractivity contribution is -0.142. The maximum absolute atomic E-state index is 11.4. The monoisotopic (exact) mass is 540 g/mol. The van der Waals surface area contributed by atoms with Gasteiger partial charge in [-0.15, -0.1) is 0 Å². The molecule has 0 saturated heterocycles. The molecule has 2 unspecified atom stereocenters. The quantitative estimate of drug-likeness (QED) is 0.236. The number of aliphatic hydroxyl groups excluding tert-OH is 2. The first-order valence-corrected chi connectivity index (χ1v) is 12.9. The van der Waals surface area contributed by atoms with E-state index in [1.54, 1.807) is 13.8 Å². The van der Waals surface area contributed by atoms with Crippen molar-refractivity contribution < 1.29 is 38.7 Å². The van der Waals surface area contributed by atoms with Gasteiger partial charge in [0.05, 0.1) is 25.4 Å². The molecule has 0 heterocycles. The lowest BCUT2D eigenvalue weighted by Gasteiger charge is -2.26. The Morgan fingerprint density at radius 2 is 1.05 bits per heavy atom. The van der Waals surface area contributed by atoms with Crippen LogP contribution in [0, 0.1) is 0 Å². The SMILES string of the molecule is C=C(C)C(=O)OCC(O)CCOc1ccc(C(C)(C)c2ccc(OCCC(O)COC(=O)C(=C)C)cc2)cc1. The molecule has 2 rings (SSSR count). The van der Waals surface area contributed by atoms with Crippen molar-refractivity contribution in [1.82, 2.24) is 0 Å². The molecule has 0 aliphatic heterocycles. The molecule has 0 bridgehead atoms. The molecule has 2 atom stereocenters. The molecule has 8 nitrogen and oxygen atoms in total. The Balaban J connectivity index is 1.81. The second kappa shape index (κ2) is 15.1. The third kappa shape index (κ3) is 10.6. The minimum Gasteiger partial charge on any atom is -0.493 e. The van der Waals surface area contributed by atoms with Crippen LogP contribution in [0.25, 0.3) is 0 Å². The van der Waals surface area contributed by atoms with E-state index in [1.807, 2.05) is 48.5 Å². The largest absolute Gasteiger partial charge is 0.493 e. The Labute approximate surface area is 230 Å². The summed E-state index contributed by atoms with van der Waals surface area (Å²) in [5.74, 6) is 0.318. The first-order chi connectivity index (χ1) is 18.4. The van der Waals surface area contributed by atoms with Crippen LogP contribution in [-0.2, 0) is 24.5 Å². The van der Waals surface area contributed by atoms with Gasteiger partial charge >= 0.3 is 11.9 Å². The average molecular weight is 541 g/mol. The maximum Gasteiger partial charge on any atom is 0.333 e. The molecule has 0 radical (unpaired) electrons. The summed E-state index contributed by atoms with van der Waals surface area (Å²) in [6, 6.07) is 15.6. The predicted molar refractivity (Wildman–Crippen MR) is 149 cm³/mol. The summed E-state index contributed by atoms with van der Waals surface area (Å²) in [4.78, 5) is 22.8. The van der Waals surface area contributed by atoms with Crippen LogP contribution in [0.5, 0.6) is 11.5 Å². The number of hydrogen-bond acceptors (Lipinski definition) is 8. The molecule has 2 N–H and O–H groups in total. The fourth-order valence-corrected chi connectivity index (χ4v) is 3.48. The highest BCUT2D eigenvalue weighted by Crippen LogP contribution is 2.33. The third-order valence-electron chi connectivity index (χ3n) is 6.10. The van der Waals surface area contributed by atoms with Crippen LogP contribution in [0.1, 0.15) is 51.7 Å². The standard InChI is InChI=1S/C31H40O8/c1-21(2)29(34)38-19-25(32)15-17-36-27-11-7-23(8-12-27)31(5,6)24-9-13-28(14-10-24)37-18-16-26(33)20-39-30(35)22(3)4/h7-14,25-26,32-33H,1,3,15-20H2,2,4-6H3. The fourth-order valence-electron chi connectivity index (χ4n) is 3.48. The topological polar surface area (TPSA) is 112 Å².